The molecular weight excluding hydrogens is 138 g/mol. The predicted molar refractivity (Wildman–Crippen MR) is 45.7 cm³/mol. The molecule has 1 aliphatic rings. The number of hydrogen-bond donors (Lipinski definition) is 0. The molecule has 0 bridgehead atoms. The normalized spacial score (nSPS) is 18.2. The largest absolute Gasteiger partial charge is 0.300 e. The first-order chi connectivity index (χ1) is 5.20. The molecule has 0 radical (unpaired) electrons. The molecule has 2 nitrogen and oxygen atoms in total. The van der Waals surface area contributed by atoms with E-state index in [9.17, 15) is 4.79 Å². The Labute approximate surface area is 67.0 Å². The SMILES string of the molecule is CC(=O)[C@@H](C)CC1=CCC=N1. The molecule has 1 heterocycles. The number of allylic oxidation sites excluding steroid dienone is 2. The fourth-order valence-electron chi connectivity index (χ4n) is 1.00. The van der Waals surface area contributed by atoms with Gasteiger partial charge >= 0.3 is 0 Å². The molecule has 11 heavy (non-hydrogen) atoms. The van der Waals surface area contributed by atoms with Crippen LogP contribution in [-0.2, 0) is 4.79 Å². The van der Waals surface area contributed by atoms with E-state index in [0.29, 0.717) is 0 Å². The quantitative estimate of drug-likeness (QED) is 0.606. The van der Waals surface area contributed by atoms with Crippen LogP contribution in [0.4, 0.5) is 0 Å². The summed E-state index contributed by atoms with van der Waals surface area (Å²) in [7, 11) is 0. The molecule has 2 heteroatoms. The highest BCUT2D eigenvalue weighted by molar-refractivity contribution is 5.78. The van der Waals surface area contributed by atoms with E-state index in [1.54, 1.807) is 6.92 Å². The Morgan fingerprint density at radius 3 is 3.00 bits per heavy atom. The maximum absolute atomic E-state index is 10.9. The number of Topliss-reactive ketones (excluding diaryl/α,β-unsaturated/α-hetero) is 1. The molecule has 0 aromatic rings. The van der Waals surface area contributed by atoms with Crippen molar-refractivity contribution < 1.29 is 4.79 Å². The van der Waals surface area contributed by atoms with Gasteiger partial charge in [0.25, 0.3) is 0 Å². The van der Waals surface area contributed by atoms with Crippen LogP contribution in [0.2, 0.25) is 0 Å². The van der Waals surface area contributed by atoms with Gasteiger partial charge in [0.15, 0.2) is 0 Å². The summed E-state index contributed by atoms with van der Waals surface area (Å²) in [5.74, 6) is 0.365. The van der Waals surface area contributed by atoms with Gasteiger partial charge in [0.2, 0.25) is 0 Å². The first-order valence-electron chi connectivity index (χ1n) is 3.92. The monoisotopic (exact) mass is 151 g/mol. The van der Waals surface area contributed by atoms with E-state index in [-0.39, 0.29) is 11.7 Å². The highest BCUT2D eigenvalue weighted by Gasteiger charge is 2.10. The van der Waals surface area contributed by atoms with Gasteiger partial charge in [0.1, 0.15) is 5.78 Å². The van der Waals surface area contributed by atoms with Gasteiger partial charge in [-0.3, -0.25) is 9.79 Å². The summed E-state index contributed by atoms with van der Waals surface area (Å²) in [6.45, 7) is 3.57. The first-order valence-corrected chi connectivity index (χ1v) is 3.92. The molecule has 1 atom stereocenters. The van der Waals surface area contributed by atoms with Gasteiger partial charge in [-0.25, -0.2) is 0 Å². The van der Waals surface area contributed by atoms with Gasteiger partial charge in [-0.15, -0.1) is 0 Å². The minimum absolute atomic E-state index is 0.122. The number of hydrogen-bond acceptors (Lipinski definition) is 2. The van der Waals surface area contributed by atoms with Crippen molar-refractivity contribution in [3.05, 3.63) is 11.8 Å². The summed E-state index contributed by atoms with van der Waals surface area (Å²) in [6.07, 6.45) is 5.67. The second-order valence-corrected chi connectivity index (χ2v) is 2.96. The zero-order valence-electron chi connectivity index (χ0n) is 7.00. The van der Waals surface area contributed by atoms with Gasteiger partial charge in [0, 0.05) is 24.3 Å². The van der Waals surface area contributed by atoms with Crippen LogP contribution in [0.5, 0.6) is 0 Å². The third-order valence-corrected chi connectivity index (χ3v) is 1.93. The van der Waals surface area contributed by atoms with E-state index in [0.717, 1.165) is 18.5 Å². The molecule has 0 spiro atoms. The molecule has 0 N–H and O–H groups in total. The second-order valence-electron chi connectivity index (χ2n) is 2.96. The Morgan fingerprint density at radius 1 is 1.82 bits per heavy atom. The summed E-state index contributed by atoms with van der Waals surface area (Å²) in [4.78, 5) is 15.0. The Balaban J connectivity index is 2.42. The Morgan fingerprint density at radius 2 is 2.55 bits per heavy atom. The minimum atomic E-state index is 0.122. The molecule has 0 unspecified atom stereocenters. The number of rotatable bonds is 3. The van der Waals surface area contributed by atoms with Gasteiger partial charge in [-0.05, 0) is 13.3 Å². The van der Waals surface area contributed by atoms with Crippen LogP contribution in [0.25, 0.3) is 0 Å². The van der Waals surface area contributed by atoms with Gasteiger partial charge in [-0.1, -0.05) is 13.0 Å². The van der Waals surface area contributed by atoms with Crippen molar-refractivity contribution in [3.63, 3.8) is 0 Å². The highest BCUT2D eigenvalue weighted by Crippen LogP contribution is 2.16. The maximum Gasteiger partial charge on any atom is 0.133 e. The standard InChI is InChI=1S/C9H13NO/c1-7(8(2)11)6-9-4-3-5-10-9/h4-5,7H,3,6H2,1-2H3/t7-/m0/s1. The van der Waals surface area contributed by atoms with Crippen LogP contribution in [0, 0.1) is 5.92 Å². The number of ketones is 1. The first kappa shape index (κ1) is 8.18. The fraction of sp³-hybridized carbons (Fsp3) is 0.556. The molecule has 0 aromatic carbocycles. The summed E-state index contributed by atoms with van der Waals surface area (Å²) in [6, 6.07) is 0. The highest BCUT2D eigenvalue weighted by atomic mass is 16.1. The van der Waals surface area contributed by atoms with Crippen LogP contribution >= 0.6 is 0 Å². The van der Waals surface area contributed by atoms with Crippen molar-refractivity contribution in [2.45, 2.75) is 26.7 Å². The van der Waals surface area contributed by atoms with E-state index in [4.69, 9.17) is 0 Å². The van der Waals surface area contributed by atoms with Crippen molar-refractivity contribution in [1.82, 2.24) is 0 Å². The van der Waals surface area contributed by atoms with Crippen LogP contribution in [0.15, 0.2) is 16.8 Å². The Bertz CT molecular complexity index is 216. The number of carbonyl (C=O) groups is 1. The Kier molecular flexibility index (Phi) is 2.58. The van der Waals surface area contributed by atoms with Crippen LogP contribution in [0.3, 0.4) is 0 Å². The summed E-state index contributed by atoms with van der Waals surface area (Å²) in [5, 5.41) is 0. The molecule has 60 valence electrons. The molecule has 0 aromatic heterocycles. The predicted octanol–water partition coefficient (Wildman–Crippen LogP) is 1.96. The lowest BCUT2D eigenvalue weighted by Crippen LogP contribution is -2.06. The summed E-state index contributed by atoms with van der Waals surface area (Å²) < 4.78 is 0. The molecule has 1 rings (SSSR count). The zero-order chi connectivity index (χ0) is 8.27. The smallest absolute Gasteiger partial charge is 0.133 e. The van der Waals surface area contributed by atoms with Crippen molar-refractivity contribution >= 4 is 12.0 Å². The van der Waals surface area contributed by atoms with E-state index in [1.165, 1.54) is 0 Å². The summed E-state index contributed by atoms with van der Waals surface area (Å²) in [5.41, 5.74) is 1.06. The molecule has 0 amide bonds. The molecule has 1 aliphatic heterocycles. The molecule has 0 fully saturated rings. The van der Waals surface area contributed by atoms with Crippen LogP contribution < -0.4 is 0 Å². The third-order valence-electron chi connectivity index (χ3n) is 1.93. The van der Waals surface area contributed by atoms with Crippen LogP contribution in [0.1, 0.15) is 26.7 Å². The fourth-order valence-corrected chi connectivity index (χ4v) is 1.00. The van der Waals surface area contributed by atoms with Crippen molar-refractivity contribution in [2.75, 3.05) is 0 Å². The molecule has 0 saturated heterocycles. The average Bonchev–Trinajstić information content (AvgIpc) is 2.39. The lowest BCUT2D eigenvalue weighted by Gasteiger charge is -2.04. The average molecular weight is 151 g/mol. The lowest BCUT2D eigenvalue weighted by molar-refractivity contribution is -0.120. The maximum atomic E-state index is 10.9. The summed E-state index contributed by atoms with van der Waals surface area (Å²) >= 11 is 0. The minimum Gasteiger partial charge on any atom is -0.300 e. The number of carbonyl (C=O) groups excluding carboxylic acids is 1. The van der Waals surface area contributed by atoms with Gasteiger partial charge < -0.3 is 0 Å². The van der Waals surface area contributed by atoms with Crippen LogP contribution in [-0.4, -0.2) is 12.0 Å². The van der Waals surface area contributed by atoms with Gasteiger partial charge in [0.05, 0.1) is 0 Å². The number of aliphatic imine (C=N–C) groups is 1. The molecular formula is C9H13NO. The van der Waals surface area contributed by atoms with E-state index >= 15 is 0 Å². The topological polar surface area (TPSA) is 29.4 Å². The number of nitrogens with zero attached hydrogens (tertiary/aromatic N) is 1. The van der Waals surface area contributed by atoms with Crippen molar-refractivity contribution in [3.8, 4) is 0 Å². The lowest BCUT2D eigenvalue weighted by atomic mass is 10.0. The van der Waals surface area contributed by atoms with E-state index in [2.05, 4.69) is 11.1 Å². The Hall–Kier alpha value is -0.920. The van der Waals surface area contributed by atoms with Crippen molar-refractivity contribution in [2.24, 2.45) is 10.9 Å². The second kappa shape index (κ2) is 3.46. The third kappa shape index (κ3) is 2.30. The molecule has 0 saturated carbocycles. The van der Waals surface area contributed by atoms with E-state index < -0.39 is 0 Å². The molecule has 0 aliphatic carbocycles. The van der Waals surface area contributed by atoms with E-state index in [1.807, 2.05) is 13.1 Å². The zero-order valence-corrected chi connectivity index (χ0v) is 7.00. The van der Waals surface area contributed by atoms with Crippen molar-refractivity contribution in [1.29, 1.82) is 0 Å². The van der Waals surface area contributed by atoms with Gasteiger partial charge in [-0.2, -0.15) is 0 Å².